The van der Waals surface area contributed by atoms with E-state index in [-0.39, 0.29) is 35.6 Å². The second kappa shape index (κ2) is 18.1. The summed E-state index contributed by atoms with van der Waals surface area (Å²) in [6, 6.07) is 20.4. The van der Waals surface area contributed by atoms with E-state index in [0.29, 0.717) is 62.9 Å². The van der Waals surface area contributed by atoms with Gasteiger partial charge in [-0.3, -0.25) is 9.59 Å². The number of nitrogens with one attached hydrogen (secondary N) is 2. The lowest BCUT2D eigenvalue weighted by atomic mass is 9.67. The van der Waals surface area contributed by atoms with Crippen LogP contribution in [0.1, 0.15) is 80.0 Å². The molecule has 0 unspecified atom stereocenters. The molecule has 280 valence electrons. The van der Waals surface area contributed by atoms with Crippen molar-refractivity contribution in [2.45, 2.75) is 82.1 Å². The largest absolute Gasteiger partial charge is 0.508 e. The standard InChI is InChI=1S/C42H56N4O6/c1-45-24-20-42(21-25-45,33-10-4-2-5-11-33)35-29-31(14-16-36(35)47)9-8-27-51-28-19-39(50)46(34-12-6-3-7-13-34)26-23-43-22-18-32-15-17-37(48)40-41(32)52-30-38(49)44-40/h2,4-5,10-11,14-17,29,34,43,47-48H,3,6-9,12-13,18-28,30H2,1H3,(H,44,49). The Bertz CT molecular complexity index is 1630. The maximum Gasteiger partial charge on any atom is 0.262 e. The number of piperidine rings is 1. The fraction of sp³-hybridized carbons (Fsp3) is 0.524. The number of nitrogens with zero attached hydrogens (tertiary/aromatic N) is 2. The summed E-state index contributed by atoms with van der Waals surface area (Å²) < 4.78 is 11.6. The highest BCUT2D eigenvalue weighted by Crippen LogP contribution is 2.45. The predicted octanol–water partition coefficient (Wildman–Crippen LogP) is 5.77. The summed E-state index contributed by atoms with van der Waals surface area (Å²) in [5.74, 6) is 0.761. The third-order valence-electron chi connectivity index (χ3n) is 11.2. The van der Waals surface area contributed by atoms with Crippen molar-refractivity contribution in [3.8, 4) is 17.2 Å². The van der Waals surface area contributed by atoms with Crippen molar-refractivity contribution in [1.82, 2.24) is 15.1 Å². The number of rotatable bonds is 16. The van der Waals surface area contributed by atoms with Crippen LogP contribution in [-0.4, -0.2) is 97.5 Å². The van der Waals surface area contributed by atoms with Crippen LogP contribution in [-0.2, 0) is 32.6 Å². The molecule has 3 aromatic carbocycles. The molecule has 0 radical (unpaired) electrons. The lowest BCUT2D eigenvalue weighted by molar-refractivity contribution is -0.135. The average Bonchev–Trinajstić information content (AvgIpc) is 3.17. The molecule has 2 fully saturated rings. The van der Waals surface area contributed by atoms with Crippen LogP contribution in [0.15, 0.2) is 60.7 Å². The van der Waals surface area contributed by atoms with Crippen molar-refractivity contribution in [2.24, 2.45) is 0 Å². The number of amides is 2. The summed E-state index contributed by atoms with van der Waals surface area (Å²) in [5.41, 5.74) is 4.53. The van der Waals surface area contributed by atoms with Crippen molar-refractivity contribution >= 4 is 17.5 Å². The van der Waals surface area contributed by atoms with Gasteiger partial charge in [0.15, 0.2) is 12.4 Å². The minimum atomic E-state index is -0.279. The first-order valence-corrected chi connectivity index (χ1v) is 19.3. The number of likely N-dealkylation sites (tertiary alicyclic amines) is 1. The molecule has 0 spiro atoms. The van der Waals surface area contributed by atoms with Crippen molar-refractivity contribution < 1.29 is 29.3 Å². The first-order valence-electron chi connectivity index (χ1n) is 19.3. The molecule has 1 aliphatic carbocycles. The summed E-state index contributed by atoms with van der Waals surface area (Å²) >= 11 is 0. The zero-order valence-electron chi connectivity index (χ0n) is 30.7. The molecule has 2 amide bonds. The monoisotopic (exact) mass is 712 g/mol. The van der Waals surface area contributed by atoms with Crippen molar-refractivity contribution in [3.05, 3.63) is 82.9 Å². The molecule has 0 aromatic heterocycles. The van der Waals surface area contributed by atoms with E-state index in [0.717, 1.165) is 75.6 Å². The third kappa shape index (κ3) is 9.26. The summed E-state index contributed by atoms with van der Waals surface area (Å²) in [4.78, 5) is 29.7. The minimum Gasteiger partial charge on any atom is -0.508 e. The molecule has 0 bridgehead atoms. The number of carbonyl (C=O) groups is 2. The molecule has 1 saturated carbocycles. The van der Waals surface area contributed by atoms with Crippen LogP contribution in [0, 0.1) is 0 Å². The zero-order valence-corrected chi connectivity index (χ0v) is 30.7. The van der Waals surface area contributed by atoms with Gasteiger partial charge in [-0.25, -0.2) is 0 Å². The van der Waals surface area contributed by atoms with Crippen LogP contribution >= 0.6 is 0 Å². The van der Waals surface area contributed by atoms with E-state index in [1.165, 1.54) is 17.5 Å². The second-order valence-electron chi connectivity index (χ2n) is 14.7. The van der Waals surface area contributed by atoms with Gasteiger partial charge in [0.05, 0.1) is 13.0 Å². The normalized spacial score (nSPS) is 17.6. The Morgan fingerprint density at radius 3 is 2.54 bits per heavy atom. The lowest BCUT2D eigenvalue weighted by Crippen LogP contribution is -2.45. The van der Waals surface area contributed by atoms with Gasteiger partial charge in [0.2, 0.25) is 5.91 Å². The smallest absolute Gasteiger partial charge is 0.262 e. The van der Waals surface area contributed by atoms with Gasteiger partial charge < -0.3 is 40.1 Å². The van der Waals surface area contributed by atoms with Gasteiger partial charge in [-0.1, -0.05) is 67.8 Å². The maximum absolute atomic E-state index is 13.5. The number of hydrogen-bond acceptors (Lipinski definition) is 8. The van der Waals surface area contributed by atoms with E-state index >= 15 is 0 Å². The van der Waals surface area contributed by atoms with Crippen LogP contribution in [0.25, 0.3) is 0 Å². The Labute approximate surface area is 308 Å². The molecule has 2 aliphatic heterocycles. The molecule has 3 aliphatic rings. The van der Waals surface area contributed by atoms with Crippen LogP contribution in [0.4, 0.5) is 5.69 Å². The summed E-state index contributed by atoms with van der Waals surface area (Å²) in [5, 5.41) is 27.4. The summed E-state index contributed by atoms with van der Waals surface area (Å²) in [6.07, 6.45) is 10.3. The van der Waals surface area contributed by atoms with E-state index in [1.54, 1.807) is 6.07 Å². The second-order valence-corrected chi connectivity index (χ2v) is 14.7. The Kier molecular flexibility index (Phi) is 13.1. The van der Waals surface area contributed by atoms with Crippen LogP contribution < -0.4 is 15.4 Å². The summed E-state index contributed by atoms with van der Waals surface area (Å²) in [6.45, 7) is 4.90. The minimum absolute atomic E-state index is 0.00308. The van der Waals surface area contributed by atoms with Gasteiger partial charge in [0.1, 0.15) is 17.2 Å². The van der Waals surface area contributed by atoms with Crippen molar-refractivity contribution in [1.29, 1.82) is 0 Å². The number of aromatic hydroxyl groups is 2. The van der Waals surface area contributed by atoms with E-state index < -0.39 is 0 Å². The molecule has 3 aromatic rings. The van der Waals surface area contributed by atoms with Gasteiger partial charge in [0, 0.05) is 36.7 Å². The van der Waals surface area contributed by atoms with E-state index in [1.807, 2.05) is 18.2 Å². The number of anilines is 1. The molecule has 0 atom stereocenters. The highest BCUT2D eigenvalue weighted by atomic mass is 16.5. The molecule has 2 heterocycles. The van der Waals surface area contributed by atoms with E-state index in [2.05, 4.69) is 63.9 Å². The quantitative estimate of drug-likeness (QED) is 0.109. The molecular formula is C42H56N4O6. The predicted molar refractivity (Wildman–Crippen MR) is 203 cm³/mol. The van der Waals surface area contributed by atoms with Crippen molar-refractivity contribution in [3.63, 3.8) is 0 Å². The topological polar surface area (TPSA) is 124 Å². The van der Waals surface area contributed by atoms with E-state index in [4.69, 9.17) is 9.47 Å². The van der Waals surface area contributed by atoms with Crippen molar-refractivity contribution in [2.75, 3.05) is 64.9 Å². The number of phenolic OH excluding ortho intramolecular Hbond substituents is 2. The molecule has 10 heteroatoms. The third-order valence-corrected chi connectivity index (χ3v) is 11.2. The Morgan fingerprint density at radius 1 is 0.981 bits per heavy atom. The first-order chi connectivity index (χ1) is 25.3. The number of phenols is 2. The first kappa shape index (κ1) is 37.6. The number of hydrogen-bond donors (Lipinski definition) is 4. The highest BCUT2D eigenvalue weighted by Gasteiger charge is 2.39. The summed E-state index contributed by atoms with van der Waals surface area (Å²) in [7, 11) is 2.17. The number of aryl methyl sites for hydroxylation is 1. The SMILES string of the molecule is CN1CCC(c2ccccc2)(c2cc(CCCOCCC(=O)N(CCNCCc3ccc(O)c4c3OCC(=O)N4)C3CCCCC3)ccc2O)CC1. The average molecular weight is 713 g/mol. The van der Waals surface area contributed by atoms with Gasteiger partial charge in [-0.15, -0.1) is 0 Å². The van der Waals surface area contributed by atoms with Crippen LogP contribution in [0.5, 0.6) is 17.2 Å². The number of fused-ring (bicyclic) bond motifs is 1. The van der Waals surface area contributed by atoms with Gasteiger partial charge >= 0.3 is 0 Å². The van der Waals surface area contributed by atoms with Gasteiger partial charge in [0.25, 0.3) is 5.91 Å². The highest BCUT2D eigenvalue weighted by molar-refractivity contribution is 5.97. The fourth-order valence-corrected chi connectivity index (χ4v) is 8.24. The number of carbonyl (C=O) groups excluding carboxylic acids is 2. The molecule has 52 heavy (non-hydrogen) atoms. The molecule has 6 rings (SSSR count). The zero-order chi connectivity index (χ0) is 36.3. The molecule has 10 nitrogen and oxygen atoms in total. The number of ether oxygens (including phenoxy) is 2. The Morgan fingerprint density at radius 2 is 1.75 bits per heavy atom. The Balaban J connectivity index is 0.959. The number of benzene rings is 3. The maximum atomic E-state index is 13.5. The van der Waals surface area contributed by atoms with Gasteiger partial charge in [-0.2, -0.15) is 0 Å². The Hall–Kier alpha value is -4.12. The molecule has 4 N–H and O–H groups in total. The molecule has 1 saturated heterocycles. The molecular weight excluding hydrogens is 656 g/mol. The van der Waals surface area contributed by atoms with Crippen LogP contribution in [0.3, 0.4) is 0 Å². The lowest BCUT2D eigenvalue weighted by Gasteiger charge is -2.42. The fourth-order valence-electron chi connectivity index (χ4n) is 8.24. The van der Waals surface area contributed by atoms with E-state index in [9.17, 15) is 19.8 Å². The van der Waals surface area contributed by atoms with Gasteiger partial charge in [-0.05, 0) is 100 Å². The van der Waals surface area contributed by atoms with Crippen LogP contribution in [0.2, 0.25) is 0 Å².